The molecule has 3 N–H and O–H groups in total. The zero-order valence-electron chi connectivity index (χ0n) is 24.3. The molecule has 0 heterocycles. The highest BCUT2D eigenvalue weighted by Crippen LogP contribution is 2.69. The maximum Gasteiger partial charge on any atom is 0.171 e. The first-order valence-electron chi connectivity index (χ1n) is 13.8. The van der Waals surface area contributed by atoms with Crippen molar-refractivity contribution < 1.29 is 29.9 Å². The Hall–Kier alpha value is -4.29. The van der Waals surface area contributed by atoms with Crippen molar-refractivity contribution in [3.05, 3.63) is 23.3 Å². The van der Waals surface area contributed by atoms with Gasteiger partial charge in [0.1, 0.15) is 11.7 Å². The summed E-state index contributed by atoms with van der Waals surface area (Å²) in [5.41, 5.74) is -2.84. The summed E-state index contributed by atoms with van der Waals surface area (Å²) in [7, 11) is 0. The van der Waals surface area contributed by atoms with Gasteiger partial charge in [-0.1, -0.05) is 38.8 Å². The molecule has 8 atom stereocenters. The molecule has 2 saturated carbocycles. The van der Waals surface area contributed by atoms with Gasteiger partial charge >= 0.3 is 0 Å². The molecule has 2 fully saturated rings. The van der Waals surface area contributed by atoms with Crippen LogP contribution in [0.4, 0.5) is 0 Å². The molecule has 4 aliphatic rings. The third kappa shape index (κ3) is 5.35. The zero-order chi connectivity index (χ0) is 30.5. The number of aliphatic hydroxyl groups excluding tert-OH is 2. The second-order valence-corrected chi connectivity index (χ2v) is 11.8. The number of aliphatic hydroxyl groups is 3. The Bertz CT molecular complexity index is 1660. The topological polar surface area (TPSA) is 96.2 Å². The van der Waals surface area contributed by atoms with Crippen LogP contribution >= 0.6 is 0 Å². The van der Waals surface area contributed by atoms with Crippen molar-refractivity contribution >= 4 is 5.78 Å². The van der Waals surface area contributed by atoms with E-state index in [1.165, 1.54) is 0 Å². The largest absolute Gasteiger partial charge is 0.392 e. The Labute approximate surface area is 248 Å². The number of Topliss-reactive ketones (excluding diaryl/α,β-unsaturated/α-hetero) is 1. The van der Waals surface area contributed by atoms with Crippen molar-refractivity contribution in [2.75, 3.05) is 6.61 Å². The van der Waals surface area contributed by atoms with Gasteiger partial charge in [0.05, 0.1) is 12.0 Å². The van der Waals surface area contributed by atoms with E-state index < -0.39 is 35.7 Å². The van der Waals surface area contributed by atoms with Gasteiger partial charge in [-0.2, -0.15) is 4.89 Å². The van der Waals surface area contributed by atoms with Crippen molar-refractivity contribution in [3.8, 4) is 83.1 Å². The Morgan fingerprint density at radius 3 is 2.12 bits per heavy atom. The lowest BCUT2D eigenvalue weighted by atomic mass is 9.60. The fourth-order valence-electron chi connectivity index (χ4n) is 7.18. The number of hydrogen-bond acceptors (Lipinski definition) is 6. The van der Waals surface area contributed by atoms with E-state index in [9.17, 15) is 20.1 Å². The van der Waals surface area contributed by atoms with E-state index in [0.717, 1.165) is 6.42 Å². The summed E-state index contributed by atoms with van der Waals surface area (Å²) in [4.78, 5) is 25.0. The number of ketones is 1. The molecule has 1 spiro atoms. The first-order valence-corrected chi connectivity index (χ1v) is 13.8. The summed E-state index contributed by atoms with van der Waals surface area (Å²) < 4.78 is 0. The van der Waals surface area contributed by atoms with Crippen molar-refractivity contribution in [2.24, 2.45) is 34.5 Å². The third-order valence-corrected chi connectivity index (χ3v) is 8.99. The molecular weight excluding hydrogens is 528 g/mol. The van der Waals surface area contributed by atoms with Crippen LogP contribution in [-0.2, 0) is 14.6 Å². The molecule has 0 aromatic rings. The first-order chi connectivity index (χ1) is 20.1. The van der Waals surface area contributed by atoms with E-state index in [1.807, 2.05) is 0 Å². The van der Waals surface area contributed by atoms with Gasteiger partial charge < -0.3 is 15.3 Å². The summed E-state index contributed by atoms with van der Waals surface area (Å²) in [6.07, 6.45) is 4.18. The normalized spacial score (nSPS) is 34.0. The van der Waals surface area contributed by atoms with Crippen LogP contribution in [0.15, 0.2) is 23.3 Å². The van der Waals surface area contributed by atoms with Crippen LogP contribution in [0.3, 0.4) is 0 Å². The number of fused-ring (bicyclic) bond motifs is 3. The summed E-state index contributed by atoms with van der Waals surface area (Å²) in [5.74, 6) is 32.5. The minimum absolute atomic E-state index is 0.0538. The lowest BCUT2D eigenvalue weighted by Crippen LogP contribution is -2.64. The highest BCUT2D eigenvalue weighted by atomic mass is 17.2. The predicted octanol–water partition coefficient (Wildman–Crippen LogP) is 2.16. The molecule has 0 saturated heterocycles. The number of carbonyl (C=O) groups excluding carboxylic acids is 1. The number of hydrogen-bond donors (Lipinski definition) is 3. The summed E-state index contributed by atoms with van der Waals surface area (Å²) in [6.45, 7) is 9.30. The average molecular weight is 561 g/mol. The molecule has 42 heavy (non-hydrogen) atoms. The quantitative estimate of drug-likeness (QED) is 0.212. The lowest BCUT2D eigenvalue weighted by Gasteiger charge is -2.47. The van der Waals surface area contributed by atoms with E-state index >= 15 is 0 Å². The van der Waals surface area contributed by atoms with E-state index in [1.54, 1.807) is 26.0 Å². The van der Waals surface area contributed by atoms with Gasteiger partial charge in [0.25, 0.3) is 0 Å². The summed E-state index contributed by atoms with van der Waals surface area (Å²) >= 11 is 0. The minimum Gasteiger partial charge on any atom is -0.392 e. The van der Waals surface area contributed by atoms with Gasteiger partial charge in [-0.25, -0.2) is 0 Å². The molecule has 0 radical (unpaired) electrons. The number of carbonyl (C=O) groups is 1. The highest BCUT2D eigenvalue weighted by Gasteiger charge is 2.73. The van der Waals surface area contributed by atoms with Crippen LogP contribution < -0.4 is 0 Å². The monoisotopic (exact) mass is 560 g/mol. The van der Waals surface area contributed by atoms with Crippen LogP contribution in [-0.4, -0.2) is 45.5 Å². The second kappa shape index (κ2) is 12.3. The molecule has 2 bridgehead atoms. The fourth-order valence-corrected chi connectivity index (χ4v) is 7.18. The first kappa shape index (κ1) is 30.7. The lowest BCUT2D eigenvalue weighted by molar-refractivity contribution is -0.315. The Morgan fingerprint density at radius 1 is 0.976 bits per heavy atom. The third-order valence-electron chi connectivity index (χ3n) is 8.99. The molecule has 0 aromatic carbocycles. The SMILES string of the molecule is CC#CC#CC#CC#CC#CC#CC#COO[C@H]1C(C)=C[C@@]23C[C@H](C)C[C@@H]4[C@H]([C@H](C=C(CO)[C@@H](O)[C@]12O)C3=O)C4(C)C. The van der Waals surface area contributed by atoms with Gasteiger partial charge in [0.15, 0.2) is 18.0 Å². The molecule has 0 unspecified atom stereocenters. The minimum atomic E-state index is -2.10. The second-order valence-electron chi connectivity index (χ2n) is 11.8. The number of allylic oxidation sites excluding steroid dienone is 1. The van der Waals surface area contributed by atoms with E-state index in [-0.39, 0.29) is 28.6 Å². The predicted molar refractivity (Wildman–Crippen MR) is 156 cm³/mol. The van der Waals surface area contributed by atoms with E-state index in [0.29, 0.717) is 17.9 Å². The van der Waals surface area contributed by atoms with Crippen LogP contribution in [0.25, 0.3) is 0 Å². The average Bonchev–Trinajstić information content (AvgIpc) is 3.41. The Balaban J connectivity index is 1.52. The van der Waals surface area contributed by atoms with Crippen molar-refractivity contribution in [1.82, 2.24) is 0 Å². The van der Waals surface area contributed by atoms with Gasteiger partial charge in [-0.3, -0.25) is 9.68 Å². The molecule has 6 nitrogen and oxygen atoms in total. The molecule has 212 valence electrons. The van der Waals surface area contributed by atoms with Crippen molar-refractivity contribution in [1.29, 1.82) is 0 Å². The van der Waals surface area contributed by atoms with E-state index in [4.69, 9.17) is 9.78 Å². The van der Waals surface area contributed by atoms with Crippen LogP contribution in [0.2, 0.25) is 0 Å². The van der Waals surface area contributed by atoms with Crippen molar-refractivity contribution in [2.45, 2.75) is 65.3 Å². The Morgan fingerprint density at radius 2 is 1.55 bits per heavy atom. The molecule has 6 heteroatoms. The summed E-state index contributed by atoms with van der Waals surface area (Å²) in [6, 6.07) is 0. The standard InChI is InChI=1S/C36H32O6/c1-6-7-8-9-10-11-12-13-14-15-16-17-18-19-41-42-33-26(3)23-35-22-25(2)20-29-30(34(29,4)5)28(32(35)39)21-27(24-37)31(38)36(33,35)40/h21,23,25,28-31,33,37-38,40H,20,22,24H2,1-5H3/t25-,28+,29-,30+,31-,33+,35-,36+/m1/s1. The zero-order valence-corrected chi connectivity index (χ0v) is 24.3. The molecular formula is C36H32O6. The molecule has 0 amide bonds. The Kier molecular flexibility index (Phi) is 8.97. The van der Waals surface area contributed by atoms with Gasteiger partial charge in [-0.15, -0.1) is 0 Å². The smallest absolute Gasteiger partial charge is 0.171 e. The van der Waals surface area contributed by atoms with Gasteiger partial charge in [-0.05, 0) is 96.5 Å². The van der Waals surface area contributed by atoms with Crippen LogP contribution in [0.1, 0.15) is 47.5 Å². The molecule has 4 aliphatic carbocycles. The highest BCUT2D eigenvalue weighted by molar-refractivity contribution is 5.94. The van der Waals surface area contributed by atoms with E-state index in [2.05, 4.69) is 104 Å². The fraction of sp³-hybridized carbons (Fsp3) is 0.472. The van der Waals surface area contributed by atoms with Gasteiger partial charge in [0, 0.05) is 41.4 Å². The van der Waals surface area contributed by atoms with Crippen molar-refractivity contribution in [3.63, 3.8) is 0 Å². The summed E-state index contributed by atoms with van der Waals surface area (Å²) in [5, 5.41) is 34.1. The maximum absolute atomic E-state index is 14.4. The number of rotatable bonds is 3. The van der Waals surface area contributed by atoms with Crippen LogP contribution in [0.5, 0.6) is 0 Å². The maximum atomic E-state index is 14.4. The molecule has 4 rings (SSSR count). The van der Waals surface area contributed by atoms with Gasteiger partial charge in [0.2, 0.25) is 0 Å². The van der Waals surface area contributed by atoms with Crippen LogP contribution in [0, 0.1) is 118 Å². The molecule has 0 aliphatic heterocycles. The molecule has 0 aromatic heterocycles.